The number of amides is 4. The number of hydrogen-bond donors (Lipinski definition) is 4. The van der Waals surface area contributed by atoms with Gasteiger partial charge in [0.25, 0.3) is 0 Å². The zero-order valence-electron chi connectivity index (χ0n) is 22.0. The highest BCUT2D eigenvalue weighted by Crippen LogP contribution is 2.45. The van der Waals surface area contributed by atoms with E-state index in [-0.39, 0.29) is 28.9 Å². The Morgan fingerprint density at radius 2 is 1.26 bits per heavy atom. The Morgan fingerprint density at radius 3 is 1.82 bits per heavy atom. The number of hydrogen-bond acceptors (Lipinski definition) is 4. The third-order valence-corrected chi connectivity index (χ3v) is 7.78. The summed E-state index contributed by atoms with van der Waals surface area (Å²) in [5.74, 6) is 0. The molecule has 8 nitrogen and oxygen atoms in total. The lowest BCUT2D eigenvalue weighted by Gasteiger charge is -2.46. The molecule has 4 amide bonds. The molecular weight excluding hydrogens is 428 g/mol. The van der Waals surface area contributed by atoms with Crippen LogP contribution in [0.2, 0.25) is 0 Å². The van der Waals surface area contributed by atoms with Crippen molar-refractivity contribution in [3.8, 4) is 0 Å². The topological polar surface area (TPSA) is 88.7 Å². The Kier molecular flexibility index (Phi) is 10.3. The second kappa shape index (κ2) is 13.0. The van der Waals surface area contributed by atoms with E-state index in [0.717, 1.165) is 58.5 Å². The van der Waals surface area contributed by atoms with Crippen molar-refractivity contribution in [2.24, 2.45) is 10.8 Å². The largest absolute Gasteiger partial charge is 0.338 e. The minimum Gasteiger partial charge on any atom is -0.338 e. The molecule has 1 aliphatic carbocycles. The van der Waals surface area contributed by atoms with Crippen LogP contribution in [0.25, 0.3) is 0 Å². The number of piperidine rings is 2. The Bertz CT molecular complexity index is 645. The summed E-state index contributed by atoms with van der Waals surface area (Å²) in [4.78, 5) is 29.9. The molecule has 2 aliphatic heterocycles. The van der Waals surface area contributed by atoms with Gasteiger partial charge in [-0.2, -0.15) is 0 Å². The lowest BCUT2D eigenvalue weighted by molar-refractivity contribution is 0.0748. The Morgan fingerprint density at radius 1 is 0.735 bits per heavy atom. The Labute approximate surface area is 207 Å². The molecule has 3 aliphatic rings. The van der Waals surface area contributed by atoms with Gasteiger partial charge in [-0.1, -0.05) is 33.6 Å². The van der Waals surface area contributed by atoms with Crippen molar-refractivity contribution in [3.05, 3.63) is 0 Å². The van der Waals surface area contributed by atoms with Gasteiger partial charge in [0, 0.05) is 38.8 Å². The molecular formula is C26H50N6O2. The lowest BCUT2D eigenvalue weighted by atomic mass is 9.62. The highest BCUT2D eigenvalue weighted by atomic mass is 16.2. The van der Waals surface area contributed by atoms with E-state index in [1.807, 2.05) is 0 Å². The molecule has 0 radical (unpaired) electrons. The van der Waals surface area contributed by atoms with E-state index in [1.54, 1.807) is 0 Å². The Hall–Kier alpha value is -1.54. The van der Waals surface area contributed by atoms with Crippen molar-refractivity contribution in [2.45, 2.75) is 84.6 Å². The average molecular weight is 479 g/mol. The first-order valence-corrected chi connectivity index (χ1v) is 13.7. The van der Waals surface area contributed by atoms with Crippen molar-refractivity contribution in [1.82, 2.24) is 31.1 Å². The number of nitrogens with zero attached hydrogens (tertiary/aromatic N) is 2. The van der Waals surface area contributed by atoms with Gasteiger partial charge < -0.3 is 31.1 Å². The van der Waals surface area contributed by atoms with E-state index >= 15 is 0 Å². The second-order valence-corrected chi connectivity index (χ2v) is 12.1. The predicted octanol–water partition coefficient (Wildman–Crippen LogP) is 3.14. The highest BCUT2D eigenvalue weighted by molar-refractivity contribution is 5.74. The van der Waals surface area contributed by atoms with E-state index in [4.69, 9.17) is 0 Å². The van der Waals surface area contributed by atoms with Gasteiger partial charge in [-0.3, -0.25) is 0 Å². The third kappa shape index (κ3) is 9.61. The molecule has 34 heavy (non-hydrogen) atoms. The van der Waals surface area contributed by atoms with E-state index in [9.17, 15) is 9.59 Å². The van der Waals surface area contributed by atoms with Gasteiger partial charge in [0.1, 0.15) is 0 Å². The van der Waals surface area contributed by atoms with Gasteiger partial charge >= 0.3 is 12.1 Å². The molecule has 0 aromatic heterocycles. The minimum atomic E-state index is -0.0819. The van der Waals surface area contributed by atoms with Gasteiger partial charge in [0.15, 0.2) is 0 Å². The fourth-order valence-electron chi connectivity index (χ4n) is 6.48. The van der Waals surface area contributed by atoms with Crippen LogP contribution in [0.1, 0.15) is 78.6 Å². The maximum atomic E-state index is 12.6. The molecule has 2 unspecified atom stereocenters. The maximum Gasteiger partial charge on any atom is 0.315 e. The van der Waals surface area contributed by atoms with Crippen LogP contribution in [0.4, 0.5) is 9.59 Å². The van der Waals surface area contributed by atoms with Crippen LogP contribution >= 0.6 is 0 Å². The lowest BCUT2D eigenvalue weighted by Crippen LogP contribution is -2.53. The van der Waals surface area contributed by atoms with Crippen LogP contribution in [0.15, 0.2) is 0 Å². The molecule has 3 fully saturated rings. The minimum absolute atomic E-state index is 0.0439. The van der Waals surface area contributed by atoms with Crippen LogP contribution in [0.5, 0.6) is 0 Å². The van der Waals surface area contributed by atoms with E-state index in [2.05, 4.69) is 51.8 Å². The fourth-order valence-corrected chi connectivity index (χ4v) is 6.48. The maximum absolute atomic E-state index is 12.6. The average Bonchev–Trinajstić information content (AvgIpc) is 2.78. The molecule has 3 rings (SSSR count). The first kappa shape index (κ1) is 27.1. The van der Waals surface area contributed by atoms with Crippen molar-refractivity contribution >= 4 is 12.1 Å². The summed E-state index contributed by atoms with van der Waals surface area (Å²) in [5.41, 5.74) is 0.0723. The molecule has 0 aromatic carbocycles. The monoisotopic (exact) mass is 478 g/mol. The van der Waals surface area contributed by atoms with E-state index < -0.39 is 0 Å². The zero-order chi connectivity index (χ0) is 24.4. The standard InChI is InChI=1S/C26H50N6O2/c1-25(2)18-22(30-24(34)28-11-17-32-14-8-5-9-15-32)19-26(3,20-25)21-29-23(33)27-10-16-31-12-6-4-7-13-31/h22H,4-21H2,1-3H3,(H2,27,29,33)(H2,28,30,34). The molecule has 196 valence electrons. The molecule has 4 N–H and O–H groups in total. The fraction of sp³-hybridized carbons (Fsp3) is 0.923. The summed E-state index contributed by atoms with van der Waals surface area (Å²) in [6, 6.07) is -0.0280. The highest BCUT2D eigenvalue weighted by Gasteiger charge is 2.41. The number of rotatable bonds is 9. The van der Waals surface area contributed by atoms with Crippen molar-refractivity contribution in [1.29, 1.82) is 0 Å². The summed E-state index contributed by atoms with van der Waals surface area (Å²) in [7, 11) is 0. The van der Waals surface area contributed by atoms with Crippen LogP contribution in [-0.4, -0.2) is 86.8 Å². The summed E-state index contributed by atoms with van der Waals surface area (Å²) >= 11 is 0. The number of carbonyl (C=O) groups excluding carboxylic acids is 2. The molecule has 0 bridgehead atoms. The summed E-state index contributed by atoms with van der Waals surface area (Å²) in [6.45, 7) is 15.2. The number of carbonyl (C=O) groups is 2. The van der Waals surface area contributed by atoms with E-state index in [1.165, 1.54) is 38.5 Å². The molecule has 8 heteroatoms. The summed E-state index contributed by atoms with van der Waals surface area (Å²) in [5, 5.41) is 12.4. The SMILES string of the molecule is CC1(C)CC(NC(=O)NCCN2CCCCC2)CC(C)(CNC(=O)NCCN2CCCCC2)C1. The molecule has 0 aromatic rings. The molecule has 2 heterocycles. The first-order chi connectivity index (χ1) is 16.2. The first-order valence-electron chi connectivity index (χ1n) is 13.7. The molecule has 2 saturated heterocycles. The van der Waals surface area contributed by atoms with Gasteiger partial charge in [0.05, 0.1) is 0 Å². The van der Waals surface area contributed by atoms with Crippen LogP contribution < -0.4 is 21.3 Å². The second-order valence-electron chi connectivity index (χ2n) is 12.1. The van der Waals surface area contributed by atoms with Crippen LogP contribution in [0, 0.1) is 10.8 Å². The van der Waals surface area contributed by atoms with Crippen LogP contribution in [-0.2, 0) is 0 Å². The van der Waals surface area contributed by atoms with Gasteiger partial charge in [-0.15, -0.1) is 0 Å². The van der Waals surface area contributed by atoms with Crippen molar-refractivity contribution in [3.63, 3.8) is 0 Å². The Balaban J connectivity index is 1.37. The zero-order valence-corrected chi connectivity index (χ0v) is 22.0. The van der Waals surface area contributed by atoms with Crippen molar-refractivity contribution < 1.29 is 9.59 Å². The van der Waals surface area contributed by atoms with Gasteiger partial charge in [-0.05, 0) is 82.0 Å². The van der Waals surface area contributed by atoms with Gasteiger partial charge in [-0.25, -0.2) is 9.59 Å². The van der Waals surface area contributed by atoms with Crippen molar-refractivity contribution in [2.75, 3.05) is 58.9 Å². The summed E-state index contributed by atoms with van der Waals surface area (Å²) in [6.07, 6.45) is 10.6. The van der Waals surface area contributed by atoms with Crippen LogP contribution in [0.3, 0.4) is 0 Å². The predicted molar refractivity (Wildman–Crippen MR) is 138 cm³/mol. The molecule has 0 spiro atoms. The number of nitrogens with one attached hydrogen (secondary N) is 4. The van der Waals surface area contributed by atoms with Gasteiger partial charge in [0.2, 0.25) is 0 Å². The summed E-state index contributed by atoms with van der Waals surface area (Å²) < 4.78 is 0. The number of likely N-dealkylation sites (tertiary alicyclic amines) is 2. The normalized spacial score (nSPS) is 28.1. The quantitative estimate of drug-likeness (QED) is 0.410. The number of urea groups is 2. The smallest absolute Gasteiger partial charge is 0.315 e. The third-order valence-electron chi connectivity index (χ3n) is 7.78. The molecule has 2 atom stereocenters. The molecule has 1 saturated carbocycles. The van der Waals surface area contributed by atoms with E-state index in [0.29, 0.717) is 19.6 Å².